The minimum absolute atomic E-state index is 0.0576. The molecule has 0 fully saturated rings. The highest BCUT2D eigenvalue weighted by Crippen LogP contribution is 2.53. The first-order valence-electron chi connectivity index (χ1n) is 17.2. The Morgan fingerprint density at radius 1 is 0.353 bits per heavy atom. The molecular weight excluding hydrogens is 621 g/mol. The minimum Gasteiger partial charge on any atom is -0.289 e. The van der Waals surface area contributed by atoms with Crippen LogP contribution in [0, 0.1) is 0 Å². The molecule has 3 heteroatoms. The van der Waals surface area contributed by atoms with E-state index in [2.05, 4.69) is 115 Å². The van der Waals surface area contributed by atoms with Crippen molar-refractivity contribution in [1.82, 2.24) is 9.97 Å². The monoisotopic (exact) mass is 652 g/mol. The molecule has 1 heterocycles. The Morgan fingerprint density at radius 2 is 0.745 bits per heavy atom. The zero-order valence-corrected chi connectivity index (χ0v) is 27.8. The fourth-order valence-electron chi connectivity index (χ4n) is 7.70. The summed E-state index contributed by atoms with van der Waals surface area (Å²) in [5.41, 5.74) is 11.9. The summed E-state index contributed by atoms with van der Waals surface area (Å²) in [6.45, 7) is 0. The maximum Gasteiger partial charge on any atom is 0.193 e. The normalized spacial score (nSPS) is 12.9. The maximum absolute atomic E-state index is 14.0. The topological polar surface area (TPSA) is 42.9 Å². The van der Waals surface area contributed by atoms with Crippen molar-refractivity contribution in [2.75, 3.05) is 0 Å². The first-order valence-corrected chi connectivity index (χ1v) is 17.2. The van der Waals surface area contributed by atoms with Crippen molar-refractivity contribution in [2.24, 2.45) is 0 Å². The van der Waals surface area contributed by atoms with E-state index < -0.39 is 5.41 Å². The highest BCUT2D eigenvalue weighted by atomic mass is 16.1. The smallest absolute Gasteiger partial charge is 0.193 e. The van der Waals surface area contributed by atoms with Crippen LogP contribution < -0.4 is 0 Å². The number of carbonyl (C=O) groups is 1. The lowest BCUT2D eigenvalue weighted by Gasteiger charge is -2.42. The van der Waals surface area contributed by atoms with Crippen molar-refractivity contribution < 1.29 is 4.79 Å². The van der Waals surface area contributed by atoms with Gasteiger partial charge in [-0.05, 0) is 39.4 Å². The second-order valence-corrected chi connectivity index (χ2v) is 12.9. The Hall–Kier alpha value is -6.71. The molecule has 3 nitrogen and oxygen atoms in total. The van der Waals surface area contributed by atoms with Gasteiger partial charge < -0.3 is 0 Å². The molecule has 0 saturated heterocycles. The van der Waals surface area contributed by atoms with E-state index in [0.717, 1.165) is 72.6 Å². The summed E-state index contributed by atoms with van der Waals surface area (Å²) in [7, 11) is 0. The molecule has 240 valence electrons. The summed E-state index contributed by atoms with van der Waals surface area (Å²) in [5.74, 6) is 0.728. The lowest BCUT2D eigenvalue weighted by Crippen LogP contribution is -2.38. The van der Waals surface area contributed by atoms with Gasteiger partial charge in [0.1, 0.15) is 0 Å². The molecule has 9 rings (SSSR count). The molecule has 7 aromatic carbocycles. The third kappa shape index (κ3) is 5.10. The molecule has 0 radical (unpaired) electrons. The van der Waals surface area contributed by atoms with Crippen molar-refractivity contribution in [3.8, 4) is 45.0 Å². The molecule has 8 aromatic rings. The predicted molar refractivity (Wildman–Crippen MR) is 206 cm³/mol. The van der Waals surface area contributed by atoms with E-state index in [1.165, 1.54) is 0 Å². The largest absolute Gasteiger partial charge is 0.289 e. The van der Waals surface area contributed by atoms with Crippen LogP contribution in [0.2, 0.25) is 0 Å². The molecule has 0 amide bonds. The number of benzene rings is 7. The third-order valence-corrected chi connectivity index (χ3v) is 10.0. The van der Waals surface area contributed by atoms with Crippen LogP contribution in [0.4, 0.5) is 0 Å². The second kappa shape index (κ2) is 12.6. The van der Waals surface area contributed by atoms with Crippen LogP contribution in [0.3, 0.4) is 0 Å². The molecule has 0 spiro atoms. The van der Waals surface area contributed by atoms with Gasteiger partial charge in [-0.15, -0.1) is 0 Å². The predicted octanol–water partition coefficient (Wildman–Crippen LogP) is 11.1. The quantitative estimate of drug-likeness (QED) is 0.180. The van der Waals surface area contributed by atoms with Gasteiger partial charge in [0.25, 0.3) is 0 Å². The van der Waals surface area contributed by atoms with E-state index in [-0.39, 0.29) is 5.78 Å². The van der Waals surface area contributed by atoms with E-state index in [1.807, 2.05) is 78.9 Å². The molecule has 0 atom stereocenters. The molecule has 0 N–H and O–H groups in total. The Kier molecular flexibility index (Phi) is 7.52. The van der Waals surface area contributed by atoms with Gasteiger partial charge in [0.05, 0.1) is 16.8 Å². The summed E-state index contributed by atoms with van der Waals surface area (Å²) in [6, 6.07) is 66.5. The number of hydrogen-bond donors (Lipinski definition) is 0. The van der Waals surface area contributed by atoms with Crippen LogP contribution in [0.5, 0.6) is 0 Å². The second-order valence-electron chi connectivity index (χ2n) is 12.9. The third-order valence-electron chi connectivity index (χ3n) is 10.0. The van der Waals surface area contributed by atoms with Crippen LogP contribution in [-0.4, -0.2) is 15.8 Å². The number of fused-ring (bicyclic) bond motifs is 2. The zero-order chi connectivity index (χ0) is 34.2. The zero-order valence-electron chi connectivity index (χ0n) is 27.8. The Bertz CT molecular complexity index is 2420. The van der Waals surface area contributed by atoms with Crippen molar-refractivity contribution in [3.63, 3.8) is 0 Å². The van der Waals surface area contributed by atoms with Gasteiger partial charge in [-0.2, -0.15) is 0 Å². The van der Waals surface area contributed by atoms with Gasteiger partial charge in [-0.25, -0.2) is 9.97 Å². The number of aromatic nitrogens is 2. The maximum atomic E-state index is 14.0. The summed E-state index contributed by atoms with van der Waals surface area (Å²) >= 11 is 0. The van der Waals surface area contributed by atoms with E-state index in [4.69, 9.17) is 9.97 Å². The number of carbonyl (C=O) groups excluding carboxylic acids is 1. The van der Waals surface area contributed by atoms with Crippen LogP contribution in [0.15, 0.2) is 194 Å². The molecular formula is C48H32N2O. The highest BCUT2D eigenvalue weighted by Gasteiger charge is 2.47. The standard InChI is InChI=1S/C48H32N2O/c51-46-39-23-11-14-26-42(39)48(37-20-8-3-9-21-37,43-27-15-12-24-40(43)46)41-25-13-10-22-38(41)33-28-30-36(31-29-33)47-49-44(34-16-4-1-5-17-34)32-45(50-47)35-18-6-2-7-19-35/h1-32H. The number of nitrogens with zero attached hydrogens (tertiary/aromatic N) is 2. The van der Waals surface area contributed by atoms with E-state index in [0.29, 0.717) is 5.82 Å². The van der Waals surface area contributed by atoms with E-state index in [9.17, 15) is 4.79 Å². The van der Waals surface area contributed by atoms with Gasteiger partial charge in [0.15, 0.2) is 11.6 Å². The van der Waals surface area contributed by atoms with Crippen LogP contribution >= 0.6 is 0 Å². The average Bonchev–Trinajstić information content (AvgIpc) is 3.22. The Labute approximate surface area is 297 Å². The molecule has 51 heavy (non-hydrogen) atoms. The van der Waals surface area contributed by atoms with Crippen LogP contribution in [0.1, 0.15) is 38.2 Å². The summed E-state index contributed by atoms with van der Waals surface area (Å²) in [4.78, 5) is 24.1. The summed E-state index contributed by atoms with van der Waals surface area (Å²) < 4.78 is 0. The minimum atomic E-state index is -0.727. The van der Waals surface area contributed by atoms with Gasteiger partial charge in [0, 0.05) is 27.8 Å². The Morgan fingerprint density at radius 3 is 1.25 bits per heavy atom. The summed E-state index contributed by atoms with van der Waals surface area (Å²) in [5, 5.41) is 0. The highest BCUT2D eigenvalue weighted by molar-refractivity contribution is 6.14. The van der Waals surface area contributed by atoms with Gasteiger partial charge in [-0.3, -0.25) is 4.79 Å². The number of ketones is 1. The molecule has 1 aliphatic rings. The van der Waals surface area contributed by atoms with Gasteiger partial charge >= 0.3 is 0 Å². The van der Waals surface area contributed by atoms with Crippen molar-refractivity contribution >= 4 is 5.78 Å². The first-order chi connectivity index (χ1) is 25.2. The fourth-order valence-corrected chi connectivity index (χ4v) is 7.70. The lowest BCUT2D eigenvalue weighted by molar-refractivity contribution is 0.103. The lowest BCUT2D eigenvalue weighted by atomic mass is 9.58. The molecule has 1 aromatic heterocycles. The van der Waals surface area contributed by atoms with Gasteiger partial charge in [0.2, 0.25) is 0 Å². The molecule has 0 saturated carbocycles. The molecule has 0 unspecified atom stereocenters. The Balaban J connectivity index is 1.23. The van der Waals surface area contributed by atoms with Crippen LogP contribution in [-0.2, 0) is 5.41 Å². The van der Waals surface area contributed by atoms with Crippen molar-refractivity contribution in [1.29, 1.82) is 0 Å². The number of rotatable bonds is 6. The van der Waals surface area contributed by atoms with Crippen LogP contribution in [0.25, 0.3) is 45.0 Å². The first kappa shape index (κ1) is 30.4. The van der Waals surface area contributed by atoms with Gasteiger partial charge in [-0.1, -0.05) is 188 Å². The number of hydrogen-bond acceptors (Lipinski definition) is 3. The van der Waals surface area contributed by atoms with E-state index in [1.54, 1.807) is 0 Å². The fraction of sp³-hybridized carbons (Fsp3) is 0.0208. The average molecular weight is 653 g/mol. The molecule has 1 aliphatic carbocycles. The molecule has 0 bridgehead atoms. The van der Waals surface area contributed by atoms with Crippen molar-refractivity contribution in [3.05, 3.63) is 228 Å². The molecule has 0 aliphatic heterocycles. The van der Waals surface area contributed by atoms with E-state index >= 15 is 0 Å². The summed E-state index contributed by atoms with van der Waals surface area (Å²) in [6.07, 6.45) is 0. The SMILES string of the molecule is O=C1c2ccccc2C(c2ccccc2)(c2ccccc2-c2ccc(-c3nc(-c4ccccc4)cc(-c4ccccc4)n3)cc2)c2ccccc21. The van der Waals surface area contributed by atoms with Crippen molar-refractivity contribution in [2.45, 2.75) is 5.41 Å².